The van der Waals surface area contributed by atoms with Crippen molar-refractivity contribution in [2.45, 2.75) is 11.3 Å². The van der Waals surface area contributed by atoms with E-state index in [0.29, 0.717) is 24.3 Å². The molecule has 1 fully saturated rings. The van der Waals surface area contributed by atoms with Crippen LogP contribution in [0, 0.1) is 0 Å². The van der Waals surface area contributed by atoms with Crippen LogP contribution in [0.2, 0.25) is 0 Å². The minimum Gasteiger partial charge on any atom is -0.322 e. The van der Waals surface area contributed by atoms with Crippen LogP contribution < -0.4 is 9.62 Å². The number of carbonyl (C=O) groups excluding carboxylic acids is 1. The van der Waals surface area contributed by atoms with E-state index in [1.165, 1.54) is 28.6 Å². The average molecular weight is 394 g/mol. The van der Waals surface area contributed by atoms with Crippen molar-refractivity contribution in [2.75, 3.05) is 28.2 Å². The fraction of sp³-hybridized carbons (Fsp3) is 0.235. The third-order valence-corrected chi connectivity index (χ3v) is 7.00. The first-order chi connectivity index (χ1) is 12.2. The molecule has 0 spiro atoms. The molecule has 2 aromatic carbocycles. The van der Waals surface area contributed by atoms with E-state index in [-0.39, 0.29) is 16.2 Å². The molecule has 0 atom stereocenters. The first kappa shape index (κ1) is 18.4. The normalized spacial score (nSPS) is 16.4. The lowest BCUT2D eigenvalue weighted by Gasteiger charge is -2.17. The summed E-state index contributed by atoms with van der Waals surface area (Å²) < 4.78 is 48.6. The van der Waals surface area contributed by atoms with Crippen molar-refractivity contribution in [1.29, 1.82) is 0 Å². The topological polar surface area (TPSA) is 101 Å². The molecule has 7 nitrogen and oxygen atoms in total. The van der Waals surface area contributed by atoms with E-state index < -0.39 is 25.8 Å². The molecule has 2 aromatic rings. The number of benzene rings is 2. The van der Waals surface area contributed by atoms with E-state index >= 15 is 0 Å². The Kier molecular flexibility index (Phi) is 4.76. The summed E-state index contributed by atoms with van der Waals surface area (Å²) in [5, 5.41) is 2.67. The Morgan fingerprint density at radius 3 is 2.50 bits per heavy atom. The van der Waals surface area contributed by atoms with Crippen LogP contribution in [0.5, 0.6) is 0 Å². The Morgan fingerprint density at radius 1 is 1.12 bits per heavy atom. The van der Waals surface area contributed by atoms with E-state index in [9.17, 15) is 21.6 Å². The van der Waals surface area contributed by atoms with Gasteiger partial charge < -0.3 is 5.32 Å². The molecule has 1 aliphatic heterocycles. The number of hydrogen-bond donors (Lipinski definition) is 1. The van der Waals surface area contributed by atoms with Gasteiger partial charge in [-0.15, -0.1) is 0 Å². The van der Waals surface area contributed by atoms with Gasteiger partial charge in [0.1, 0.15) is 0 Å². The average Bonchev–Trinajstić information content (AvgIpc) is 2.93. The molecule has 3 rings (SSSR count). The van der Waals surface area contributed by atoms with Crippen molar-refractivity contribution in [3.63, 3.8) is 0 Å². The number of hydrogen-bond acceptors (Lipinski definition) is 5. The monoisotopic (exact) mass is 394 g/mol. The third kappa shape index (κ3) is 3.88. The zero-order chi connectivity index (χ0) is 18.9. The summed E-state index contributed by atoms with van der Waals surface area (Å²) in [6.45, 7) is 0.413. The van der Waals surface area contributed by atoms with Gasteiger partial charge in [-0.05, 0) is 42.8 Å². The predicted octanol–water partition coefficient (Wildman–Crippen LogP) is 1.88. The summed E-state index contributed by atoms with van der Waals surface area (Å²) >= 11 is 0. The molecule has 1 heterocycles. The van der Waals surface area contributed by atoms with Gasteiger partial charge in [-0.1, -0.05) is 12.1 Å². The van der Waals surface area contributed by atoms with Crippen molar-refractivity contribution in [3.05, 3.63) is 54.1 Å². The quantitative estimate of drug-likeness (QED) is 0.853. The van der Waals surface area contributed by atoms with Crippen LogP contribution in [-0.4, -0.2) is 41.3 Å². The Bertz CT molecular complexity index is 1060. The molecule has 0 saturated carbocycles. The molecule has 1 aliphatic rings. The molecule has 0 aromatic heterocycles. The highest BCUT2D eigenvalue weighted by Gasteiger charge is 2.28. The van der Waals surface area contributed by atoms with Crippen LogP contribution in [0.3, 0.4) is 0 Å². The number of amides is 1. The number of nitrogens with zero attached hydrogens (tertiary/aromatic N) is 1. The number of anilines is 2. The van der Waals surface area contributed by atoms with Gasteiger partial charge in [0.15, 0.2) is 9.84 Å². The van der Waals surface area contributed by atoms with E-state index in [2.05, 4.69) is 5.32 Å². The standard InChI is InChI=1S/C17H18N2O5S2/c1-25(21,22)16-8-2-5-13(11-16)17(20)18-14-6-3-7-15(12-14)19-9-4-10-26(19,23)24/h2-3,5-8,11-12H,4,9-10H2,1H3,(H,18,20). The van der Waals surface area contributed by atoms with Gasteiger partial charge in [-0.25, -0.2) is 16.8 Å². The summed E-state index contributed by atoms with van der Waals surface area (Å²) in [4.78, 5) is 12.5. The molecule has 138 valence electrons. The van der Waals surface area contributed by atoms with E-state index in [4.69, 9.17) is 0 Å². The number of nitrogens with one attached hydrogen (secondary N) is 1. The Morgan fingerprint density at radius 2 is 1.85 bits per heavy atom. The molecule has 1 N–H and O–H groups in total. The van der Waals surface area contributed by atoms with Crippen molar-refractivity contribution >= 4 is 37.1 Å². The Labute approximate surface area is 152 Å². The highest BCUT2D eigenvalue weighted by atomic mass is 32.2. The minimum atomic E-state index is -3.42. The fourth-order valence-corrected chi connectivity index (χ4v) is 4.96. The first-order valence-electron chi connectivity index (χ1n) is 7.89. The minimum absolute atomic E-state index is 0.0575. The molecule has 1 saturated heterocycles. The molecular weight excluding hydrogens is 376 g/mol. The van der Waals surface area contributed by atoms with Gasteiger partial charge in [0.2, 0.25) is 10.0 Å². The van der Waals surface area contributed by atoms with Crippen LogP contribution in [-0.2, 0) is 19.9 Å². The molecule has 26 heavy (non-hydrogen) atoms. The summed E-state index contributed by atoms with van der Waals surface area (Å²) in [7, 11) is -6.72. The summed E-state index contributed by atoms with van der Waals surface area (Å²) in [5.41, 5.74) is 1.12. The number of sulfone groups is 1. The maximum atomic E-state index is 12.4. The third-order valence-electron chi connectivity index (χ3n) is 4.02. The Balaban J connectivity index is 1.84. The van der Waals surface area contributed by atoms with E-state index in [1.807, 2.05) is 0 Å². The highest BCUT2D eigenvalue weighted by Crippen LogP contribution is 2.26. The zero-order valence-corrected chi connectivity index (χ0v) is 15.7. The summed E-state index contributed by atoms with van der Waals surface area (Å²) in [5.74, 6) is -0.362. The molecule has 1 amide bonds. The maximum Gasteiger partial charge on any atom is 0.255 e. The van der Waals surface area contributed by atoms with Crippen LogP contribution in [0.25, 0.3) is 0 Å². The predicted molar refractivity (Wildman–Crippen MR) is 99.7 cm³/mol. The molecule has 0 unspecified atom stereocenters. The second-order valence-electron chi connectivity index (χ2n) is 6.05. The smallest absolute Gasteiger partial charge is 0.255 e. The molecule has 0 bridgehead atoms. The summed E-state index contributed by atoms with van der Waals surface area (Å²) in [6.07, 6.45) is 1.64. The second kappa shape index (κ2) is 6.73. The summed E-state index contributed by atoms with van der Waals surface area (Å²) in [6, 6.07) is 12.3. The number of rotatable bonds is 4. The zero-order valence-electron chi connectivity index (χ0n) is 14.0. The van der Waals surface area contributed by atoms with E-state index in [1.54, 1.807) is 24.3 Å². The van der Waals surface area contributed by atoms with Crippen molar-refractivity contribution in [3.8, 4) is 0 Å². The number of carbonyl (C=O) groups is 1. The molecular formula is C17H18N2O5S2. The first-order valence-corrected chi connectivity index (χ1v) is 11.4. The SMILES string of the molecule is CS(=O)(=O)c1cccc(C(=O)Nc2cccc(N3CCCS3(=O)=O)c2)c1. The van der Waals surface area contributed by atoms with Crippen LogP contribution in [0.4, 0.5) is 11.4 Å². The van der Waals surface area contributed by atoms with Gasteiger partial charge in [0, 0.05) is 24.1 Å². The lowest BCUT2D eigenvalue weighted by Crippen LogP contribution is -2.25. The lowest BCUT2D eigenvalue weighted by molar-refractivity contribution is 0.102. The lowest BCUT2D eigenvalue weighted by atomic mass is 10.2. The Hall–Kier alpha value is -2.39. The maximum absolute atomic E-state index is 12.4. The highest BCUT2D eigenvalue weighted by molar-refractivity contribution is 7.93. The van der Waals surface area contributed by atoms with Gasteiger partial charge in [-0.3, -0.25) is 9.10 Å². The molecule has 0 aliphatic carbocycles. The van der Waals surface area contributed by atoms with Gasteiger partial charge >= 0.3 is 0 Å². The van der Waals surface area contributed by atoms with Crippen molar-refractivity contribution in [1.82, 2.24) is 0 Å². The number of sulfonamides is 1. The largest absolute Gasteiger partial charge is 0.322 e. The van der Waals surface area contributed by atoms with Crippen molar-refractivity contribution < 1.29 is 21.6 Å². The van der Waals surface area contributed by atoms with Gasteiger partial charge in [-0.2, -0.15) is 0 Å². The molecule has 0 radical (unpaired) electrons. The van der Waals surface area contributed by atoms with Gasteiger partial charge in [0.05, 0.1) is 16.3 Å². The van der Waals surface area contributed by atoms with Gasteiger partial charge in [0.25, 0.3) is 5.91 Å². The van der Waals surface area contributed by atoms with Crippen LogP contribution >= 0.6 is 0 Å². The van der Waals surface area contributed by atoms with Crippen LogP contribution in [0.1, 0.15) is 16.8 Å². The fourth-order valence-electron chi connectivity index (χ4n) is 2.74. The molecule has 9 heteroatoms. The second-order valence-corrected chi connectivity index (χ2v) is 10.1. The van der Waals surface area contributed by atoms with E-state index in [0.717, 1.165) is 6.26 Å². The van der Waals surface area contributed by atoms with Crippen LogP contribution in [0.15, 0.2) is 53.4 Å². The van der Waals surface area contributed by atoms with Crippen molar-refractivity contribution in [2.24, 2.45) is 0 Å².